The number of carbonyl (C=O) groups is 2. The summed E-state index contributed by atoms with van der Waals surface area (Å²) in [4.78, 5) is 25.0. The molecule has 0 aromatic rings. The number of aliphatic hydroxyl groups is 5. The third-order valence-electron chi connectivity index (χ3n) is 6.50. The monoisotopic (exact) mass is 569 g/mol. The zero-order chi connectivity index (χ0) is 29.1. The Morgan fingerprint density at radius 1 is 0.846 bits per heavy atom. The molecule has 228 valence electrons. The number of ether oxygens (including phenoxy) is 7. The number of hydrogen-bond donors (Lipinski definition) is 6. The van der Waals surface area contributed by atoms with Gasteiger partial charge in [-0.2, -0.15) is 0 Å². The van der Waals surface area contributed by atoms with Gasteiger partial charge in [0.1, 0.15) is 48.8 Å². The number of nitrogens with one attached hydrogen (secondary N) is 1. The van der Waals surface area contributed by atoms with Gasteiger partial charge in [-0.05, 0) is 13.3 Å². The highest BCUT2D eigenvalue weighted by Gasteiger charge is 2.49. The van der Waals surface area contributed by atoms with E-state index in [1.807, 2.05) is 6.92 Å². The van der Waals surface area contributed by atoms with Gasteiger partial charge >= 0.3 is 12.1 Å². The second-order valence-corrected chi connectivity index (χ2v) is 9.38. The molecule has 2 aliphatic heterocycles. The predicted octanol–water partition coefficient (Wildman–Crippen LogP) is -1.84. The van der Waals surface area contributed by atoms with Crippen molar-refractivity contribution in [2.75, 3.05) is 34.0 Å². The van der Waals surface area contributed by atoms with E-state index >= 15 is 0 Å². The fourth-order valence-corrected chi connectivity index (χ4v) is 4.31. The molecule has 39 heavy (non-hydrogen) atoms. The summed E-state index contributed by atoms with van der Waals surface area (Å²) < 4.78 is 36.9. The summed E-state index contributed by atoms with van der Waals surface area (Å²) in [5.41, 5.74) is 0. The standard InChI is InChI=1S/C24H43NO14/c1-5-7-8-9-12(21(31)35-6-2)25-24(32)39-20-16(27)14(37-22(34-4)19(20)30)11-36-23-18(29)17(28)15(26)13(38-23)10-33-3/h12-20,22-23,26-30H,5-11H2,1-4H3,(H,25,32)/t12-,13?,14?,15+,16?,17-,18?,19?,20-,22-,23+/m0/s1. The van der Waals surface area contributed by atoms with Gasteiger partial charge < -0.3 is 64.0 Å². The van der Waals surface area contributed by atoms with Crippen LogP contribution in [0.15, 0.2) is 0 Å². The highest BCUT2D eigenvalue weighted by molar-refractivity contribution is 5.81. The van der Waals surface area contributed by atoms with E-state index < -0.39 is 86.1 Å². The molecule has 0 bridgehead atoms. The lowest BCUT2D eigenvalue weighted by Crippen LogP contribution is -2.62. The fraction of sp³-hybridized carbons (Fsp3) is 0.917. The summed E-state index contributed by atoms with van der Waals surface area (Å²) >= 11 is 0. The second-order valence-electron chi connectivity index (χ2n) is 9.38. The largest absolute Gasteiger partial charge is 0.464 e. The topological polar surface area (TPSA) is 212 Å². The Balaban J connectivity index is 2.06. The summed E-state index contributed by atoms with van der Waals surface area (Å²) in [7, 11) is 2.59. The number of esters is 1. The molecule has 6 N–H and O–H groups in total. The molecule has 0 aromatic heterocycles. The average molecular weight is 570 g/mol. The molecule has 0 aliphatic carbocycles. The van der Waals surface area contributed by atoms with E-state index in [1.54, 1.807) is 6.92 Å². The summed E-state index contributed by atoms with van der Waals surface area (Å²) in [6.45, 7) is 3.20. The van der Waals surface area contributed by atoms with Crippen LogP contribution in [0.2, 0.25) is 0 Å². The van der Waals surface area contributed by atoms with Crippen LogP contribution in [0, 0.1) is 0 Å². The first kappa shape index (κ1) is 33.5. The zero-order valence-corrected chi connectivity index (χ0v) is 22.7. The van der Waals surface area contributed by atoms with Crippen LogP contribution in [-0.4, -0.2) is 139 Å². The Morgan fingerprint density at radius 2 is 1.51 bits per heavy atom. The molecule has 15 heteroatoms. The maximum Gasteiger partial charge on any atom is 0.408 e. The number of hydrogen-bond acceptors (Lipinski definition) is 14. The van der Waals surface area contributed by atoms with E-state index in [-0.39, 0.29) is 13.2 Å². The molecular formula is C24H43NO14. The lowest BCUT2D eigenvalue weighted by molar-refractivity contribution is -0.328. The van der Waals surface area contributed by atoms with Crippen molar-refractivity contribution in [1.82, 2.24) is 5.32 Å². The lowest BCUT2D eigenvalue weighted by atomic mass is 9.98. The quantitative estimate of drug-likeness (QED) is 0.100. The number of unbranched alkanes of at least 4 members (excludes halogenated alkanes) is 2. The molecule has 2 rings (SSSR count). The molecule has 0 radical (unpaired) electrons. The van der Waals surface area contributed by atoms with Crippen LogP contribution < -0.4 is 5.32 Å². The molecule has 2 aliphatic rings. The van der Waals surface area contributed by atoms with Gasteiger partial charge in [-0.25, -0.2) is 9.59 Å². The first-order valence-electron chi connectivity index (χ1n) is 13.1. The minimum atomic E-state index is -1.64. The first-order chi connectivity index (χ1) is 18.6. The zero-order valence-electron chi connectivity index (χ0n) is 22.7. The van der Waals surface area contributed by atoms with E-state index in [4.69, 9.17) is 33.2 Å². The van der Waals surface area contributed by atoms with Gasteiger partial charge in [-0.15, -0.1) is 0 Å². The fourth-order valence-electron chi connectivity index (χ4n) is 4.31. The first-order valence-corrected chi connectivity index (χ1v) is 13.1. The van der Waals surface area contributed by atoms with Crippen molar-refractivity contribution in [2.24, 2.45) is 0 Å². The van der Waals surface area contributed by atoms with Crippen molar-refractivity contribution >= 4 is 12.1 Å². The number of carbonyl (C=O) groups excluding carboxylic acids is 2. The third-order valence-corrected chi connectivity index (χ3v) is 6.50. The molecule has 11 atom stereocenters. The van der Waals surface area contributed by atoms with Gasteiger partial charge in [0.05, 0.1) is 19.8 Å². The van der Waals surface area contributed by atoms with Crippen LogP contribution in [-0.2, 0) is 38.0 Å². The Kier molecular flexibility index (Phi) is 14.3. The summed E-state index contributed by atoms with van der Waals surface area (Å²) in [5.74, 6) is -0.634. The molecule has 0 saturated carbocycles. The summed E-state index contributed by atoms with van der Waals surface area (Å²) in [5, 5.41) is 54.3. The molecule has 2 saturated heterocycles. The van der Waals surface area contributed by atoms with Crippen LogP contribution in [0.5, 0.6) is 0 Å². The van der Waals surface area contributed by atoms with E-state index in [0.717, 1.165) is 12.8 Å². The number of aliphatic hydroxyl groups excluding tert-OH is 5. The van der Waals surface area contributed by atoms with Crippen LogP contribution in [0.3, 0.4) is 0 Å². The van der Waals surface area contributed by atoms with E-state index in [9.17, 15) is 35.1 Å². The lowest BCUT2D eigenvalue weighted by Gasteiger charge is -2.43. The van der Waals surface area contributed by atoms with Gasteiger partial charge in [0, 0.05) is 14.2 Å². The van der Waals surface area contributed by atoms with Crippen molar-refractivity contribution in [3.63, 3.8) is 0 Å². The predicted molar refractivity (Wildman–Crippen MR) is 130 cm³/mol. The molecule has 5 unspecified atom stereocenters. The molecular weight excluding hydrogens is 526 g/mol. The molecule has 0 spiro atoms. The van der Waals surface area contributed by atoms with E-state index in [2.05, 4.69) is 5.32 Å². The Morgan fingerprint density at radius 3 is 2.13 bits per heavy atom. The molecule has 1 amide bonds. The number of alkyl carbamates (subject to hydrolysis) is 1. The van der Waals surface area contributed by atoms with Crippen LogP contribution in [0.1, 0.15) is 39.5 Å². The highest BCUT2D eigenvalue weighted by atomic mass is 16.7. The molecule has 0 aromatic carbocycles. The summed E-state index contributed by atoms with van der Waals surface area (Å²) in [6, 6.07) is -0.984. The van der Waals surface area contributed by atoms with Crippen LogP contribution in [0.4, 0.5) is 4.79 Å². The molecule has 2 heterocycles. The third kappa shape index (κ3) is 9.18. The Labute approximate surface area is 227 Å². The van der Waals surface area contributed by atoms with Crippen molar-refractivity contribution < 1.29 is 68.3 Å². The maximum atomic E-state index is 12.7. The van der Waals surface area contributed by atoms with Crippen molar-refractivity contribution in [3.05, 3.63) is 0 Å². The number of rotatable bonds is 14. The molecule has 2 fully saturated rings. The minimum Gasteiger partial charge on any atom is -0.464 e. The highest BCUT2D eigenvalue weighted by Crippen LogP contribution is 2.27. The van der Waals surface area contributed by atoms with E-state index in [0.29, 0.717) is 12.8 Å². The minimum absolute atomic E-state index is 0.0957. The smallest absolute Gasteiger partial charge is 0.408 e. The summed E-state index contributed by atoms with van der Waals surface area (Å²) in [6.07, 6.45) is -12.8. The van der Waals surface area contributed by atoms with Gasteiger partial charge in [0.25, 0.3) is 0 Å². The normalized spacial score (nSPS) is 35.7. The van der Waals surface area contributed by atoms with E-state index in [1.165, 1.54) is 14.2 Å². The Hall–Kier alpha value is -1.66. The van der Waals surface area contributed by atoms with Crippen LogP contribution in [0.25, 0.3) is 0 Å². The van der Waals surface area contributed by atoms with Crippen molar-refractivity contribution in [2.45, 2.75) is 107 Å². The van der Waals surface area contributed by atoms with Gasteiger partial charge in [-0.3, -0.25) is 0 Å². The van der Waals surface area contributed by atoms with Crippen molar-refractivity contribution in [3.8, 4) is 0 Å². The Bertz CT molecular complexity index is 744. The van der Waals surface area contributed by atoms with Gasteiger partial charge in [0.15, 0.2) is 18.7 Å². The van der Waals surface area contributed by atoms with Crippen molar-refractivity contribution in [1.29, 1.82) is 0 Å². The average Bonchev–Trinajstić information content (AvgIpc) is 2.91. The number of methoxy groups -OCH3 is 2. The SMILES string of the molecule is CCCCC[C@H](NC(=O)O[C@H]1C(O)C(CO[C@@H]2OC(COC)[C@@H](O)[C@H](O)C2O)O[C@H](OC)C1O)C(=O)OCC. The molecule has 15 nitrogen and oxygen atoms in total. The second kappa shape index (κ2) is 16.6. The van der Waals surface area contributed by atoms with Crippen LogP contribution >= 0.6 is 0 Å². The maximum absolute atomic E-state index is 12.7. The van der Waals surface area contributed by atoms with Gasteiger partial charge in [0.2, 0.25) is 0 Å². The van der Waals surface area contributed by atoms with Gasteiger partial charge in [-0.1, -0.05) is 26.2 Å². The number of amides is 1.